The number of aromatic nitrogens is 4. The van der Waals surface area contributed by atoms with Crippen molar-refractivity contribution in [3.63, 3.8) is 0 Å². The van der Waals surface area contributed by atoms with Gasteiger partial charge < -0.3 is 9.47 Å². The van der Waals surface area contributed by atoms with Crippen molar-refractivity contribution in [2.75, 3.05) is 18.0 Å². The van der Waals surface area contributed by atoms with Gasteiger partial charge in [0.1, 0.15) is 5.82 Å². The molecule has 0 bridgehead atoms. The molecule has 5 nitrogen and oxygen atoms in total. The van der Waals surface area contributed by atoms with Gasteiger partial charge in [0.2, 0.25) is 0 Å². The first-order valence-electron chi connectivity index (χ1n) is 10.1. The van der Waals surface area contributed by atoms with Crippen molar-refractivity contribution in [3.8, 4) is 11.3 Å². The third-order valence-electron chi connectivity index (χ3n) is 5.28. The fourth-order valence-corrected chi connectivity index (χ4v) is 3.72. The van der Waals surface area contributed by atoms with E-state index in [1.54, 1.807) is 0 Å². The highest BCUT2D eigenvalue weighted by atomic mass is 15.3. The Morgan fingerprint density at radius 3 is 2.46 bits per heavy atom. The molecule has 1 aromatic carbocycles. The summed E-state index contributed by atoms with van der Waals surface area (Å²) in [7, 11) is 0. The van der Waals surface area contributed by atoms with Crippen LogP contribution in [0.3, 0.4) is 0 Å². The summed E-state index contributed by atoms with van der Waals surface area (Å²) in [5.41, 5.74) is 4.58. The van der Waals surface area contributed by atoms with Gasteiger partial charge in [0.25, 0.3) is 0 Å². The lowest BCUT2D eigenvalue weighted by Crippen LogP contribution is -2.22. The second-order valence-corrected chi connectivity index (χ2v) is 6.91. The third kappa shape index (κ3) is 3.40. The zero-order valence-electron chi connectivity index (χ0n) is 16.8. The molecule has 4 aromatic rings. The normalized spacial score (nSPS) is 11.2. The molecule has 144 valence electrons. The first-order valence-corrected chi connectivity index (χ1v) is 10.1. The van der Waals surface area contributed by atoms with Crippen LogP contribution in [0.1, 0.15) is 26.5 Å². The van der Waals surface area contributed by atoms with Crippen LogP contribution in [0.4, 0.5) is 5.82 Å². The summed E-state index contributed by atoms with van der Waals surface area (Å²) in [5.74, 6) is 1.03. The lowest BCUT2D eigenvalue weighted by molar-refractivity contribution is 0.639. The summed E-state index contributed by atoms with van der Waals surface area (Å²) in [4.78, 5) is 6.99. The summed E-state index contributed by atoms with van der Waals surface area (Å²) in [6.45, 7) is 9.98. The number of benzene rings is 1. The number of hydrogen-bond acceptors (Lipinski definition) is 3. The van der Waals surface area contributed by atoms with E-state index in [1.807, 2.05) is 17.1 Å². The van der Waals surface area contributed by atoms with E-state index in [4.69, 9.17) is 4.98 Å². The van der Waals surface area contributed by atoms with Crippen LogP contribution in [-0.4, -0.2) is 32.4 Å². The molecule has 0 aliphatic heterocycles. The maximum absolute atomic E-state index is 4.73. The summed E-state index contributed by atoms with van der Waals surface area (Å²) in [6, 6.07) is 17.2. The van der Waals surface area contributed by atoms with Gasteiger partial charge in [-0.25, -0.2) is 4.98 Å². The van der Waals surface area contributed by atoms with Gasteiger partial charge in [-0.05, 0) is 51.1 Å². The van der Waals surface area contributed by atoms with Crippen LogP contribution in [0.25, 0.3) is 22.2 Å². The van der Waals surface area contributed by atoms with Crippen LogP contribution in [0.15, 0.2) is 60.9 Å². The molecule has 0 aliphatic carbocycles. The highest BCUT2D eigenvalue weighted by Crippen LogP contribution is 2.29. The molecular formula is C23H27N5. The van der Waals surface area contributed by atoms with Crippen molar-refractivity contribution in [2.45, 2.75) is 33.9 Å². The van der Waals surface area contributed by atoms with Gasteiger partial charge in [-0.3, -0.25) is 4.68 Å². The molecule has 0 N–H and O–H groups in total. The Hall–Kier alpha value is -3.08. The van der Waals surface area contributed by atoms with E-state index in [1.165, 1.54) is 16.6 Å². The van der Waals surface area contributed by atoms with E-state index < -0.39 is 0 Å². The van der Waals surface area contributed by atoms with E-state index in [2.05, 4.69) is 83.9 Å². The molecule has 0 fully saturated rings. The highest BCUT2D eigenvalue weighted by Gasteiger charge is 2.13. The number of rotatable bonds is 7. The van der Waals surface area contributed by atoms with Crippen LogP contribution in [0, 0.1) is 0 Å². The Morgan fingerprint density at radius 2 is 1.79 bits per heavy atom. The van der Waals surface area contributed by atoms with E-state index in [0.29, 0.717) is 0 Å². The SMILES string of the molecule is CCN(CC)c1ccc(-c2cc3ccccc3n2Cc2ccn(CC)n2)cn1. The summed E-state index contributed by atoms with van der Waals surface area (Å²) in [6.07, 6.45) is 4.03. The number of fused-ring (bicyclic) bond motifs is 1. The first kappa shape index (κ1) is 18.3. The van der Waals surface area contributed by atoms with Gasteiger partial charge in [0, 0.05) is 48.5 Å². The van der Waals surface area contributed by atoms with Crippen molar-refractivity contribution in [1.82, 2.24) is 19.3 Å². The maximum Gasteiger partial charge on any atom is 0.128 e. The summed E-state index contributed by atoms with van der Waals surface area (Å²) >= 11 is 0. The van der Waals surface area contributed by atoms with Gasteiger partial charge in [0.05, 0.1) is 17.9 Å². The minimum absolute atomic E-state index is 0.744. The lowest BCUT2D eigenvalue weighted by atomic mass is 10.2. The maximum atomic E-state index is 4.73. The molecule has 3 aromatic heterocycles. The Labute approximate surface area is 166 Å². The molecule has 0 saturated heterocycles. The molecule has 0 spiro atoms. The van der Waals surface area contributed by atoms with Crippen molar-refractivity contribution < 1.29 is 0 Å². The van der Waals surface area contributed by atoms with Crippen LogP contribution in [0.5, 0.6) is 0 Å². The number of hydrogen-bond donors (Lipinski definition) is 0. The predicted molar refractivity (Wildman–Crippen MR) is 116 cm³/mol. The molecule has 0 aliphatic rings. The Balaban J connectivity index is 1.76. The van der Waals surface area contributed by atoms with E-state index in [-0.39, 0.29) is 0 Å². The fourth-order valence-electron chi connectivity index (χ4n) is 3.72. The number of para-hydroxylation sites is 1. The quantitative estimate of drug-likeness (QED) is 0.466. The molecule has 0 unspecified atom stereocenters. The van der Waals surface area contributed by atoms with Gasteiger partial charge in [-0.1, -0.05) is 18.2 Å². The Morgan fingerprint density at radius 1 is 0.964 bits per heavy atom. The zero-order chi connectivity index (χ0) is 19.5. The smallest absolute Gasteiger partial charge is 0.128 e. The molecule has 0 amide bonds. The molecule has 0 atom stereocenters. The third-order valence-corrected chi connectivity index (χ3v) is 5.28. The molecule has 4 rings (SSSR count). The van der Waals surface area contributed by atoms with Gasteiger partial charge >= 0.3 is 0 Å². The van der Waals surface area contributed by atoms with Crippen molar-refractivity contribution in [2.24, 2.45) is 0 Å². The molecule has 5 heteroatoms. The number of anilines is 1. The highest BCUT2D eigenvalue weighted by molar-refractivity contribution is 5.87. The fraction of sp³-hybridized carbons (Fsp3) is 0.304. The van der Waals surface area contributed by atoms with Crippen molar-refractivity contribution in [3.05, 3.63) is 66.6 Å². The van der Waals surface area contributed by atoms with Crippen molar-refractivity contribution in [1.29, 1.82) is 0 Å². The molecule has 0 radical (unpaired) electrons. The molecule has 28 heavy (non-hydrogen) atoms. The summed E-state index contributed by atoms with van der Waals surface area (Å²) in [5, 5.41) is 5.91. The average molecular weight is 374 g/mol. The number of pyridine rings is 1. The topological polar surface area (TPSA) is 38.9 Å². The largest absolute Gasteiger partial charge is 0.357 e. The lowest BCUT2D eigenvalue weighted by Gasteiger charge is -2.19. The van der Waals surface area contributed by atoms with Gasteiger partial charge in [-0.2, -0.15) is 5.10 Å². The molecule has 3 heterocycles. The Bertz CT molecular complexity index is 1050. The second-order valence-electron chi connectivity index (χ2n) is 6.91. The van der Waals surface area contributed by atoms with Crippen LogP contribution >= 0.6 is 0 Å². The monoisotopic (exact) mass is 373 g/mol. The predicted octanol–water partition coefficient (Wildman–Crippen LogP) is 4.81. The average Bonchev–Trinajstić information content (AvgIpc) is 3.35. The van der Waals surface area contributed by atoms with Crippen LogP contribution in [-0.2, 0) is 13.1 Å². The van der Waals surface area contributed by atoms with E-state index in [0.717, 1.165) is 43.3 Å². The van der Waals surface area contributed by atoms with E-state index in [9.17, 15) is 0 Å². The molecule has 0 saturated carbocycles. The van der Waals surface area contributed by atoms with Crippen LogP contribution < -0.4 is 4.90 Å². The number of aryl methyl sites for hydroxylation is 1. The zero-order valence-corrected chi connectivity index (χ0v) is 16.8. The van der Waals surface area contributed by atoms with Crippen molar-refractivity contribution >= 4 is 16.7 Å². The molecular weight excluding hydrogens is 346 g/mol. The second kappa shape index (κ2) is 7.89. The number of nitrogens with zero attached hydrogens (tertiary/aromatic N) is 5. The minimum Gasteiger partial charge on any atom is -0.357 e. The van der Waals surface area contributed by atoms with Gasteiger partial charge in [-0.15, -0.1) is 0 Å². The first-order chi connectivity index (χ1) is 13.7. The summed E-state index contributed by atoms with van der Waals surface area (Å²) < 4.78 is 4.31. The van der Waals surface area contributed by atoms with Crippen LogP contribution in [0.2, 0.25) is 0 Å². The van der Waals surface area contributed by atoms with E-state index >= 15 is 0 Å². The minimum atomic E-state index is 0.744. The van der Waals surface area contributed by atoms with Gasteiger partial charge in [0.15, 0.2) is 0 Å². The standard InChI is InChI=1S/C23H27N5/c1-4-26(5-2)23-12-11-19(16-24-23)22-15-18-9-7-8-10-21(18)28(22)17-20-13-14-27(6-3)25-20/h7-16H,4-6,17H2,1-3H3. The Kier molecular flexibility index (Phi) is 5.15.